The molecule has 0 spiro atoms. The van der Waals surface area contributed by atoms with E-state index in [-0.39, 0.29) is 21.5 Å². The molecule has 30 heavy (non-hydrogen) atoms. The minimum atomic E-state index is -1.41. The maximum absolute atomic E-state index is 12.8. The van der Waals surface area contributed by atoms with Gasteiger partial charge in [-0.1, -0.05) is 27.7 Å². The molecule has 10 nitrogen and oxygen atoms in total. The second kappa shape index (κ2) is 7.05. The molecular formula is C20H20N2O8. The van der Waals surface area contributed by atoms with E-state index in [0.29, 0.717) is 9.13 Å². The Hall–Kier alpha value is -3.56. The summed E-state index contributed by atoms with van der Waals surface area (Å²) < 4.78 is 1.24. The lowest BCUT2D eigenvalue weighted by Crippen LogP contribution is -2.37. The van der Waals surface area contributed by atoms with Crippen LogP contribution in [0.15, 0.2) is 31.3 Å². The van der Waals surface area contributed by atoms with Crippen LogP contribution in [-0.4, -0.2) is 31.3 Å². The van der Waals surface area contributed by atoms with Crippen LogP contribution in [-0.2, 0) is 9.59 Å². The van der Waals surface area contributed by atoms with Crippen LogP contribution in [0, 0.1) is 11.8 Å². The maximum atomic E-state index is 12.8. The Labute approximate surface area is 168 Å². The molecule has 2 heterocycles. The third-order valence-electron chi connectivity index (χ3n) is 5.28. The highest BCUT2D eigenvalue weighted by Gasteiger charge is 2.32. The molecule has 0 bridgehead atoms. The summed E-state index contributed by atoms with van der Waals surface area (Å²) in [7, 11) is 0. The summed E-state index contributed by atoms with van der Waals surface area (Å²) in [5, 5.41) is 18.1. The minimum absolute atomic E-state index is 0.190. The summed E-state index contributed by atoms with van der Waals surface area (Å²) >= 11 is 0. The average molecular weight is 416 g/mol. The van der Waals surface area contributed by atoms with Crippen LogP contribution < -0.4 is 22.2 Å². The predicted molar refractivity (Wildman–Crippen MR) is 108 cm³/mol. The lowest BCUT2D eigenvalue weighted by molar-refractivity contribution is -0.143. The van der Waals surface area contributed by atoms with Gasteiger partial charge >= 0.3 is 11.9 Å². The van der Waals surface area contributed by atoms with E-state index in [1.807, 2.05) is 0 Å². The normalized spacial score (nSPS) is 14.1. The molecule has 0 unspecified atom stereocenters. The van der Waals surface area contributed by atoms with Crippen LogP contribution in [0.4, 0.5) is 0 Å². The molecule has 1 aromatic carbocycles. The SMILES string of the molecule is CC(C)[C@@H](C(=O)O)n1c(=O)c2cc3c(=O)n([C@H](C(=O)O)C(C)C)c(=O)c3cc2c1=O. The highest BCUT2D eigenvalue weighted by atomic mass is 16.4. The largest absolute Gasteiger partial charge is 0.480 e. The topological polar surface area (TPSA) is 153 Å². The van der Waals surface area contributed by atoms with Gasteiger partial charge in [0.25, 0.3) is 22.2 Å². The van der Waals surface area contributed by atoms with Gasteiger partial charge < -0.3 is 10.2 Å². The van der Waals surface area contributed by atoms with Gasteiger partial charge in [0.1, 0.15) is 12.1 Å². The van der Waals surface area contributed by atoms with Gasteiger partial charge in [0.2, 0.25) is 0 Å². The molecule has 0 aliphatic carbocycles. The van der Waals surface area contributed by atoms with Gasteiger partial charge in [-0.05, 0) is 24.0 Å². The van der Waals surface area contributed by atoms with Crippen LogP contribution in [0.3, 0.4) is 0 Å². The molecule has 0 saturated heterocycles. The third-order valence-corrected chi connectivity index (χ3v) is 5.28. The Balaban J connectivity index is 2.44. The Morgan fingerprint density at radius 3 is 1.03 bits per heavy atom. The number of nitrogens with zero attached hydrogens (tertiary/aromatic N) is 2. The molecule has 0 fully saturated rings. The zero-order chi connectivity index (χ0) is 22.7. The number of carboxylic acid groups (broad SMARTS) is 2. The standard InChI is InChI=1S/C20H20N2O8/c1-7(2)13(19(27)28)21-15(23)9-5-11-12(6-10(9)16(21)24)18(26)22(17(11)25)14(8(3)4)20(29)30/h5-8,13-14H,1-4H3,(H,27,28)(H,29,30)/t13-,14-/m0/s1. The molecule has 3 aromatic rings. The fourth-order valence-corrected chi connectivity index (χ4v) is 3.90. The van der Waals surface area contributed by atoms with Crippen molar-refractivity contribution in [2.75, 3.05) is 0 Å². The highest BCUT2D eigenvalue weighted by molar-refractivity contribution is 5.98. The third kappa shape index (κ3) is 2.87. The van der Waals surface area contributed by atoms with Crippen LogP contribution in [0.1, 0.15) is 39.8 Å². The van der Waals surface area contributed by atoms with E-state index in [9.17, 15) is 39.0 Å². The summed E-state index contributed by atoms with van der Waals surface area (Å²) in [6, 6.07) is -0.673. The first-order valence-electron chi connectivity index (χ1n) is 9.29. The first-order valence-corrected chi connectivity index (χ1v) is 9.29. The molecule has 2 atom stereocenters. The van der Waals surface area contributed by atoms with Crippen molar-refractivity contribution in [3.05, 3.63) is 53.5 Å². The van der Waals surface area contributed by atoms with Crippen molar-refractivity contribution in [2.45, 2.75) is 39.8 Å². The van der Waals surface area contributed by atoms with Crippen molar-refractivity contribution in [2.24, 2.45) is 11.8 Å². The van der Waals surface area contributed by atoms with E-state index in [4.69, 9.17) is 0 Å². The summed E-state index contributed by atoms with van der Waals surface area (Å²) in [5.41, 5.74) is -3.51. The van der Waals surface area contributed by atoms with Gasteiger partial charge in [-0.2, -0.15) is 0 Å². The second-order valence-corrected chi connectivity index (χ2v) is 7.96. The van der Waals surface area contributed by atoms with Gasteiger partial charge in [-0.3, -0.25) is 28.3 Å². The number of rotatable bonds is 6. The lowest BCUT2D eigenvalue weighted by atomic mass is 10.0. The first-order chi connectivity index (χ1) is 13.9. The van der Waals surface area contributed by atoms with Gasteiger partial charge in [0.05, 0.1) is 21.5 Å². The van der Waals surface area contributed by atoms with E-state index >= 15 is 0 Å². The molecule has 0 aliphatic heterocycles. The van der Waals surface area contributed by atoms with E-state index in [2.05, 4.69) is 0 Å². The zero-order valence-corrected chi connectivity index (χ0v) is 16.7. The summed E-state index contributed by atoms with van der Waals surface area (Å²) in [4.78, 5) is 74.5. The van der Waals surface area contributed by atoms with Gasteiger partial charge in [-0.15, -0.1) is 0 Å². The number of carbonyl (C=O) groups is 2. The Morgan fingerprint density at radius 1 is 0.633 bits per heavy atom. The van der Waals surface area contributed by atoms with E-state index in [1.165, 1.54) is 0 Å². The first kappa shape index (κ1) is 21.2. The lowest BCUT2D eigenvalue weighted by Gasteiger charge is -2.16. The van der Waals surface area contributed by atoms with Crippen molar-refractivity contribution in [1.29, 1.82) is 0 Å². The summed E-state index contributed by atoms with van der Waals surface area (Å²) in [6.45, 7) is 6.19. The number of aromatic nitrogens is 2. The second-order valence-electron chi connectivity index (χ2n) is 7.96. The molecule has 0 radical (unpaired) electrons. The van der Waals surface area contributed by atoms with Crippen molar-refractivity contribution >= 4 is 33.5 Å². The number of carboxylic acids is 2. The molecule has 0 amide bonds. The number of hydrogen-bond donors (Lipinski definition) is 2. The summed E-state index contributed by atoms with van der Waals surface area (Å²) in [5.74, 6) is -3.85. The van der Waals surface area contributed by atoms with Crippen LogP contribution in [0.5, 0.6) is 0 Å². The van der Waals surface area contributed by atoms with Crippen molar-refractivity contribution < 1.29 is 19.8 Å². The van der Waals surface area contributed by atoms with Gasteiger partial charge in [0, 0.05) is 0 Å². The van der Waals surface area contributed by atoms with Crippen molar-refractivity contribution in [1.82, 2.24) is 9.13 Å². The average Bonchev–Trinajstić information content (AvgIpc) is 3.00. The smallest absolute Gasteiger partial charge is 0.327 e. The summed E-state index contributed by atoms with van der Waals surface area (Å²) in [6.07, 6.45) is 0. The van der Waals surface area contributed by atoms with Crippen molar-refractivity contribution in [3.8, 4) is 0 Å². The molecule has 0 saturated carbocycles. The van der Waals surface area contributed by atoms with E-state index in [0.717, 1.165) is 12.1 Å². The Morgan fingerprint density at radius 2 is 0.867 bits per heavy atom. The molecule has 2 aromatic heterocycles. The van der Waals surface area contributed by atoms with Gasteiger partial charge in [0.15, 0.2) is 0 Å². The fraction of sp³-hybridized carbons (Fsp3) is 0.400. The van der Waals surface area contributed by atoms with E-state index in [1.54, 1.807) is 27.7 Å². The number of aliphatic carboxylic acids is 2. The molecule has 10 heteroatoms. The maximum Gasteiger partial charge on any atom is 0.327 e. The zero-order valence-electron chi connectivity index (χ0n) is 16.7. The Bertz CT molecular complexity index is 1220. The number of benzene rings is 1. The van der Waals surface area contributed by atoms with Crippen LogP contribution >= 0.6 is 0 Å². The van der Waals surface area contributed by atoms with Crippen molar-refractivity contribution in [3.63, 3.8) is 0 Å². The van der Waals surface area contributed by atoms with Crippen LogP contribution in [0.25, 0.3) is 21.5 Å². The molecule has 158 valence electrons. The van der Waals surface area contributed by atoms with Gasteiger partial charge in [-0.25, -0.2) is 9.59 Å². The monoisotopic (exact) mass is 416 g/mol. The minimum Gasteiger partial charge on any atom is -0.480 e. The van der Waals surface area contributed by atoms with E-state index < -0.39 is 58.1 Å². The highest BCUT2D eigenvalue weighted by Crippen LogP contribution is 2.21. The van der Waals surface area contributed by atoms with Crippen LogP contribution in [0.2, 0.25) is 0 Å². The fourth-order valence-electron chi connectivity index (χ4n) is 3.90. The Kier molecular flexibility index (Phi) is 4.97. The number of fused-ring (bicyclic) bond motifs is 2. The number of hydrogen-bond acceptors (Lipinski definition) is 6. The molecule has 3 rings (SSSR count). The molecule has 0 aliphatic rings. The quantitative estimate of drug-likeness (QED) is 0.588. The molecular weight excluding hydrogens is 396 g/mol. The predicted octanol–water partition coefficient (Wildman–Crippen LogP) is 0.476. The molecule has 2 N–H and O–H groups in total.